The molecule has 0 aliphatic rings. The number of aliphatic carboxylic acids is 1. The zero-order valence-corrected chi connectivity index (χ0v) is 13.4. The first-order valence-corrected chi connectivity index (χ1v) is 8.35. The van der Waals surface area contributed by atoms with Crippen LogP contribution in [0, 0.1) is 5.92 Å². The van der Waals surface area contributed by atoms with Gasteiger partial charge in [-0.2, -0.15) is 11.8 Å². The van der Waals surface area contributed by atoms with Crippen molar-refractivity contribution in [2.45, 2.75) is 38.9 Å². The maximum absolute atomic E-state index is 11.8. The van der Waals surface area contributed by atoms with Crippen molar-refractivity contribution < 1.29 is 14.7 Å². The SMILES string of the molecule is CCC(C)CC(=O)Nc1cccc(CSCCC(=O)O)c1. The van der Waals surface area contributed by atoms with Gasteiger partial charge in [-0.3, -0.25) is 9.59 Å². The molecule has 1 aromatic rings. The number of carboxylic acid groups (broad SMARTS) is 1. The molecule has 0 aliphatic heterocycles. The molecule has 2 N–H and O–H groups in total. The van der Waals surface area contributed by atoms with E-state index in [1.165, 1.54) is 0 Å². The summed E-state index contributed by atoms with van der Waals surface area (Å²) in [7, 11) is 0. The van der Waals surface area contributed by atoms with Crippen molar-refractivity contribution in [1.29, 1.82) is 0 Å². The van der Waals surface area contributed by atoms with E-state index < -0.39 is 5.97 Å². The van der Waals surface area contributed by atoms with Gasteiger partial charge < -0.3 is 10.4 Å². The van der Waals surface area contributed by atoms with Gasteiger partial charge in [-0.15, -0.1) is 0 Å². The van der Waals surface area contributed by atoms with Crippen LogP contribution < -0.4 is 5.32 Å². The molecule has 0 bridgehead atoms. The largest absolute Gasteiger partial charge is 0.481 e. The van der Waals surface area contributed by atoms with Crippen LogP contribution in [-0.4, -0.2) is 22.7 Å². The molecular formula is C16H23NO3S. The molecule has 0 radical (unpaired) electrons. The minimum Gasteiger partial charge on any atom is -0.481 e. The molecule has 0 heterocycles. The smallest absolute Gasteiger partial charge is 0.304 e. The monoisotopic (exact) mass is 309 g/mol. The molecule has 5 heteroatoms. The van der Waals surface area contributed by atoms with E-state index in [1.54, 1.807) is 11.8 Å². The van der Waals surface area contributed by atoms with Crippen molar-refractivity contribution in [1.82, 2.24) is 0 Å². The van der Waals surface area contributed by atoms with Crippen LogP contribution in [0.4, 0.5) is 5.69 Å². The molecule has 116 valence electrons. The van der Waals surface area contributed by atoms with Gasteiger partial charge in [0.05, 0.1) is 6.42 Å². The van der Waals surface area contributed by atoms with E-state index in [0.717, 1.165) is 23.4 Å². The average molecular weight is 309 g/mol. The maximum atomic E-state index is 11.8. The molecule has 0 aromatic heterocycles. The third-order valence-electron chi connectivity index (χ3n) is 3.17. The number of thioether (sulfide) groups is 1. The van der Waals surface area contributed by atoms with Crippen LogP contribution in [0.1, 0.15) is 38.7 Å². The minimum atomic E-state index is -0.770. The van der Waals surface area contributed by atoms with Crippen molar-refractivity contribution in [3.8, 4) is 0 Å². The highest BCUT2D eigenvalue weighted by molar-refractivity contribution is 7.98. The Morgan fingerprint density at radius 2 is 2.14 bits per heavy atom. The molecule has 1 atom stereocenters. The quantitative estimate of drug-likeness (QED) is 0.681. The zero-order valence-electron chi connectivity index (χ0n) is 12.6. The Hall–Kier alpha value is -1.49. The van der Waals surface area contributed by atoms with Crippen molar-refractivity contribution in [2.75, 3.05) is 11.1 Å². The summed E-state index contributed by atoms with van der Waals surface area (Å²) in [6.07, 6.45) is 1.71. The Bertz CT molecular complexity index is 476. The van der Waals surface area contributed by atoms with Crippen LogP contribution >= 0.6 is 11.8 Å². The van der Waals surface area contributed by atoms with Crippen molar-refractivity contribution in [3.63, 3.8) is 0 Å². The van der Waals surface area contributed by atoms with Crippen LogP contribution in [0.5, 0.6) is 0 Å². The first-order valence-electron chi connectivity index (χ1n) is 7.19. The van der Waals surface area contributed by atoms with Gasteiger partial charge in [-0.05, 0) is 23.6 Å². The lowest BCUT2D eigenvalue weighted by molar-refractivity contribution is -0.136. The average Bonchev–Trinajstić information content (AvgIpc) is 2.43. The number of anilines is 1. The van der Waals surface area contributed by atoms with Gasteiger partial charge in [0.1, 0.15) is 0 Å². The number of carbonyl (C=O) groups is 2. The molecule has 21 heavy (non-hydrogen) atoms. The number of benzene rings is 1. The normalized spacial score (nSPS) is 11.9. The molecule has 0 saturated carbocycles. The Morgan fingerprint density at radius 3 is 2.81 bits per heavy atom. The lowest BCUT2D eigenvalue weighted by atomic mass is 10.0. The summed E-state index contributed by atoms with van der Waals surface area (Å²) in [5.74, 6) is 1.01. The lowest BCUT2D eigenvalue weighted by Crippen LogP contribution is -2.14. The molecule has 1 rings (SSSR count). The van der Waals surface area contributed by atoms with Crippen LogP contribution in [0.2, 0.25) is 0 Å². The van der Waals surface area contributed by atoms with Crippen LogP contribution in [0.3, 0.4) is 0 Å². The van der Waals surface area contributed by atoms with Crippen LogP contribution in [-0.2, 0) is 15.3 Å². The second-order valence-corrected chi connectivity index (χ2v) is 6.27. The van der Waals surface area contributed by atoms with Gasteiger partial charge >= 0.3 is 5.97 Å². The second-order valence-electron chi connectivity index (χ2n) is 5.16. The number of amides is 1. The highest BCUT2D eigenvalue weighted by atomic mass is 32.2. The predicted molar refractivity (Wildman–Crippen MR) is 87.6 cm³/mol. The highest BCUT2D eigenvalue weighted by Gasteiger charge is 2.08. The fraction of sp³-hybridized carbons (Fsp3) is 0.500. The summed E-state index contributed by atoms with van der Waals surface area (Å²) in [4.78, 5) is 22.3. The number of hydrogen-bond donors (Lipinski definition) is 2. The summed E-state index contributed by atoms with van der Waals surface area (Å²) in [6.45, 7) is 4.14. The molecule has 4 nitrogen and oxygen atoms in total. The summed E-state index contributed by atoms with van der Waals surface area (Å²) < 4.78 is 0. The molecule has 0 spiro atoms. The third-order valence-corrected chi connectivity index (χ3v) is 4.20. The van der Waals surface area contributed by atoms with E-state index in [9.17, 15) is 9.59 Å². The summed E-state index contributed by atoms with van der Waals surface area (Å²) in [5.41, 5.74) is 1.89. The molecular weight excluding hydrogens is 286 g/mol. The predicted octanol–water partition coefficient (Wildman–Crippen LogP) is 3.77. The van der Waals surface area contributed by atoms with Gasteiger partial charge in [-0.1, -0.05) is 32.4 Å². The molecule has 1 unspecified atom stereocenters. The van der Waals surface area contributed by atoms with E-state index in [0.29, 0.717) is 18.1 Å². The van der Waals surface area contributed by atoms with E-state index in [2.05, 4.69) is 19.2 Å². The van der Waals surface area contributed by atoms with E-state index >= 15 is 0 Å². The van der Waals surface area contributed by atoms with Crippen molar-refractivity contribution in [2.24, 2.45) is 5.92 Å². The van der Waals surface area contributed by atoms with Crippen molar-refractivity contribution >= 4 is 29.3 Å². The van der Waals surface area contributed by atoms with Crippen LogP contribution in [0.15, 0.2) is 24.3 Å². The first kappa shape index (κ1) is 17.6. The molecule has 0 saturated heterocycles. The Kier molecular flexibility index (Phi) is 7.90. The number of hydrogen-bond acceptors (Lipinski definition) is 3. The second kappa shape index (κ2) is 9.45. The van der Waals surface area contributed by atoms with Gasteiger partial charge in [0.25, 0.3) is 0 Å². The highest BCUT2D eigenvalue weighted by Crippen LogP contribution is 2.18. The van der Waals surface area contributed by atoms with Gasteiger partial charge in [0.2, 0.25) is 5.91 Å². The Balaban J connectivity index is 2.44. The van der Waals surface area contributed by atoms with Crippen molar-refractivity contribution in [3.05, 3.63) is 29.8 Å². The van der Waals surface area contributed by atoms with E-state index in [4.69, 9.17) is 5.11 Å². The Labute approximate surface area is 130 Å². The van der Waals surface area contributed by atoms with Crippen LogP contribution in [0.25, 0.3) is 0 Å². The van der Waals surface area contributed by atoms with Gasteiger partial charge in [-0.25, -0.2) is 0 Å². The summed E-state index contributed by atoms with van der Waals surface area (Å²) in [6, 6.07) is 7.71. The third kappa shape index (κ3) is 7.75. The number of rotatable bonds is 9. The first-order chi connectivity index (χ1) is 10.0. The fourth-order valence-electron chi connectivity index (χ4n) is 1.76. The topological polar surface area (TPSA) is 66.4 Å². The maximum Gasteiger partial charge on any atom is 0.304 e. The fourth-order valence-corrected chi connectivity index (χ4v) is 2.64. The summed E-state index contributed by atoms with van der Waals surface area (Å²) >= 11 is 1.58. The van der Waals surface area contributed by atoms with E-state index in [-0.39, 0.29) is 12.3 Å². The molecule has 0 fully saturated rings. The zero-order chi connectivity index (χ0) is 15.7. The number of carboxylic acids is 1. The standard InChI is InChI=1S/C16H23NO3S/c1-3-12(2)9-15(18)17-14-6-4-5-13(10-14)11-21-8-7-16(19)20/h4-6,10,12H,3,7-9,11H2,1-2H3,(H,17,18)(H,19,20). The number of nitrogens with one attached hydrogen (secondary N) is 1. The Morgan fingerprint density at radius 1 is 1.38 bits per heavy atom. The minimum absolute atomic E-state index is 0.0417. The number of carbonyl (C=O) groups excluding carboxylic acids is 1. The van der Waals surface area contributed by atoms with E-state index in [1.807, 2.05) is 24.3 Å². The van der Waals surface area contributed by atoms with Gasteiger partial charge in [0, 0.05) is 23.6 Å². The lowest BCUT2D eigenvalue weighted by Gasteiger charge is -2.10. The van der Waals surface area contributed by atoms with Gasteiger partial charge in [0.15, 0.2) is 0 Å². The molecule has 1 amide bonds. The molecule has 0 aliphatic carbocycles. The molecule has 1 aromatic carbocycles. The summed E-state index contributed by atoms with van der Waals surface area (Å²) in [5, 5.41) is 11.5.